The lowest BCUT2D eigenvalue weighted by molar-refractivity contribution is 0.154. The number of hydrogen-bond donors (Lipinski definition) is 0. The van der Waals surface area contributed by atoms with Gasteiger partial charge in [-0.1, -0.05) is 52.6 Å². The van der Waals surface area contributed by atoms with Crippen LogP contribution < -0.4 is 0 Å². The fraction of sp³-hybridized carbons (Fsp3) is 1.00. The monoisotopic (exact) mass is 412 g/mol. The molecule has 0 heterocycles. The Hall–Kier alpha value is 0.217. The van der Waals surface area contributed by atoms with Crippen LogP contribution in [-0.2, 0) is 0 Å². The Morgan fingerprint density at radius 1 is 0.483 bits per heavy atom. The minimum Gasteiger partial charge on any atom is -0.0689 e. The molecule has 0 N–H and O–H groups in total. The number of hydrogen-bond acceptors (Lipinski definition) is 0. The molecule has 0 spiro atoms. The number of rotatable bonds is 4. The Kier molecular flexibility index (Phi) is 4.87. The first-order valence-electron chi connectivity index (χ1n) is 14.0. The van der Waals surface area contributed by atoms with E-state index < -0.39 is 8.07 Å². The molecule has 6 saturated carbocycles. The van der Waals surface area contributed by atoms with Gasteiger partial charge in [0.05, 0.1) is 8.07 Å². The fourth-order valence-electron chi connectivity index (χ4n) is 11.3. The maximum Gasteiger partial charge on any atom is 0.0546 e. The highest BCUT2D eigenvalue weighted by atomic mass is 28.3. The standard InChI is InChI=1S/C28H48Si/c1-17-15-25-21(19-11-12-19)7-5-9-23(25)27(17)29(3,4)28-18(2)16-26-22(20-13-14-20)8-6-10-24(26)28/h17-28H,5-16H2,1-4H3. The first-order valence-corrected chi connectivity index (χ1v) is 17.1. The third-order valence-electron chi connectivity index (χ3n) is 12.0. The van der Waals surface area contributed by atoms with Crippen molar-refractivity contribution in [2.45, 2.75) is 115 Å². The third kappa shape index (κ3) is 3.17. The van der Waals surface area contributed by atoms with Gasteiger partial charge < -0.3 is 0 Å². The topological polar surface area (TPSA) is 0 Å². The zero-order valence-electron chi connectivity index (χ0n) is 19.9. The van der Waals surface area contributed by atoms with E-state index in [4.69, 9.17) is 0 Å². The first kappa shape index (κ1) is 19.9. The normalized spacial score (nSPS) is 53.0. The van der Waals surface area contributed by atoms with Gasteiger partial charge in [-0.2, -0.15) is 0 Å². The third-order valence-corrected chi connectivity index (χ3v) is 17.4. The molecule has 10 unspecified atom stereocenters. The van der Waals surface area contributed by atoms with Crippen molar-refractivity contribution in [3.8, 4) is 0 Å². The summed E-state index contributed by atoms with van der Waals surface area (Å²) >= 11 is 0. The molecule has 29 heavy (non-hydrogen) atoms. The largest absolute Gasteiger partial charge is 0.0689 e. The first-order chi connectivity index (χ1) is 14.0. The maximum atomic E-state index is 2.92. The molecule has 0 amide bonds. The minimum absolute atomic E-state index is 1.04. The molecular formula is C28H48Si. The molecule has 6 aliphatic carbocycles. The summed E-state index contributed by atoms with van der Waals surface area (Å²) in [4.78, 5) is 0. The molecule has 164 valence electrons. The lowest BCUT2D eigenvalue weighted by Crippen LogP contribution is -2.47. The summed E-state index contributed by atoms with van der Waals surface area (Å²) in [7, 11) is -1.27. The fourth-order valence-corrected chi connectivity index (χ4v) is 18.0. The van der Waals surface area contributed by atoms with Gasteiger partial charge in [0.25, 0.3) is 0 Å². The Balaban J connectivity index is 1.27. The molecule has 0 bridgehead atoms. The highest BCUT2D eigenvalue weighted by molar-refractivity contribution is 6.80. The number of fused-ring (bicyclic) bond motifs is 2. The van der Waals surface area contributed by atoms with E-state index in [9.17, 15) is 0 Å². The second-order valence-corrected chi connectivity index (χ2v) is 18.8. The molecule has 0 nitrogen and oxygen atoms in total. The lowest BCUT2D eigenvalue weighted by atomic mass is 9.71. The van der Waals surface area contributed by atoms with Crippen molar-refractivity contribution in [2.75, 3.05) is 0 Å². The van der Waals surface area contributed by atoms with Gasteiger partial charge in [-0.05, 0) is 122 Å². The van der Waals surface area contributed by atoms with E-state index in [2.05, 4.69) is 26.9 Å². The van der Waals surface area contributed by atoms with Gasteiger partial charge in [-0.25, -0.2) is 0 Å². The molecule has 0 radical (unpaired) electrons. The van der Waals surface area contributed by atoms with Crippen molar-refractivity contribution < 1.29 is 0 Å². The van der Waals surface area contributed by atoms with Crippen LogP contribution in [0.15, 0.2) is 0 Å². The van der Waals surface area contributed by atoms with Crippen molar-refractivity contribution in [1.82, 2.24) is 0 Å². The van der Waals surface area contributed by atoms with Gasteiger partial charge in [-0.3, -0.25) is 0 Å². The average molecular weight is 413 g/mol. The Morgan fingerprint density at radius 3 is 1.24 bits per heavy atom. The summed E-state index contributed by atoms with van der Waals surface area (Å²) in [5.74, 6) is 11.3. The molecule has 6 fully saturated rings. The van der Waals surface area contributed by atoms with Gasteiger partial charge in [0.1, 0.15) is 0 Å². The van der Waals surface area contributed by atoms with Crippen LogP contribution >= 0.6 is 0 Å². The Labute approximate surface area is 182 Å². The summed E-state index contributed by atoms with van der Waals surface area (Å²) in [6.45, 7) is 11.3. The quantitative estimate of drug-likeness (QED) is 0.406. The van der Waals surface area contributed by atoms with Crippen LogP contribution in [0.5, 0.6) is 0 Å². The summed E-state index contributed by atoms with van der Waals surface area (Å²) in [6.07, 6.45) is 19.1. The summed E-state index contributed by atoms with van der Waals surface area (Å²) in [5.41, 5.74) is 2.31. The second kappa shape index (κ2) is 7.11. The lowest BCUT2D eigenvalue weighted by Gasteiger charge is -2.49. The molecule has 10 atom stereocenters. The smallest absolute Gasteiger partial charge is 0.0546 e. The molecule has 6 rings (SSSR count). The van der Waals surface area contributed by atoms with Crippen molar-refractivity contribution in [1.29, 1.82) is 0 Å². The highest BCUT2D eigenvalue weighted by Crippen LogP contribution is 2.68. The zero-order valence-corrected chi connectivity index (χ0v) is 20.9. The van der Waals surface area contributed by atoms with E-state index in [1.54, 1.807) is 77.0 Å². The van der Waals surface area contributed by atoms with Gasteiger partial charge in [0, 0.05) is 0 Å². The van der Waals surface area contributed by atoms with Crippen LogP contribution in [-0.4, -0.2) is 8.07 Å². The SMILES string of the molecule is CC1CC2C(C3CC3)CCCC2C1[Si](C)(C)C1C(C)CC2C(C3CC3)CCCC21. The second-order valence-electron chi connectivity index (χ2n) is 13.8. The van der Waals surface area contributed by atoms with Crippen molar-refractivity contribution in [3.05, 3.63) is 0 Å². The Morgan fingerprint density at radius 2 is 0.862 bits per heavy atom. The molecular weight excluding hydrogens is 364 g/mol. The van der Waals surface area contributed by atoms with Crippen LogP contribution in [0.1, 0.15) is 90.9 Å². The molecule has 0 aromatic heterocycles. The molecule has 6 aliphatic rings. The van der Waals surface area contributed by atoms with Crippen molar-refractivity contribution in [3.63, 3.8) is 0 Å². The van der Waals surface area contributed by atoms with E-state index in [-0.39, 0.29) is 0 Å². The van der Waals surface area contributed by atoms with Crippen LogP contribution in [0.2, 0.25) is 24.2 Å². The molecule has 0 aromatic carbocycles. The summed E-state index contributed by atoms with van der Waals surface area (Å²) < 4.78 is 0. The predicted octanol–water partition coefficient (Wildman–Crippen LogP) is 8.40. The summed E-state index contributed by atoms with van der Waals surface area (Å²) in [5, 5.41) is 0. The van der Waals surface area contributed by atoms with Crippen LogP contribution in [0, 0.1) is 59.2 Å². The predicted molar refractivity (Wildman–Crippen MR) is 127 cm³/mol. The van der Waals surface area contributed by atoms with E-state index in [0.29, 0.717) is 0 Å². The van der Waals surface area contributed by atoms with Crippen molar-refractivity contribution in [2.24, 2.45) is 59.2 Å². The van der Waals surface area contributed by atoms with E-state index in [1.165, 1.54) is 0 Å². The van der Waals surface area contributed by atoms with Crippen LogP contribution in [0.3, 0.4) is 0 Å². The van der Waals surface area contributed by atoms with E-state index in [0.717, 1.165) is 70.3 Å². The van der Waals surface area contributed by atoms with Gasteiger partial charge in [-0.15, -0.1) is 0 Å². The van der Waals surface area contributed by atoms with Gasteiger partial charge >= 0.3 is 0 Å². The maximum absolute atomic E-state index is 2.92. The van der Waals surface area contributed by atoms with Crippen molar-refractivity contribution >= 4 is 8.07 Å². The van der Waals surface area contributed by atoms with Gasteiger partial charge in [0.2, 0.25) is 0 Å². The highest BCUT2D eigenvalue weighted by Gasteiger charge is 2.60. The summed E-state index contributed by atoms with van der Waals surface area (Å²) in [6, 6.07) is 0. The minimum atomic E-state index is -1.27. The van der Waals surface area contributed by atoms with Crippen LogP contribution in [0.4, 0.5) is 0 Å². The average Bonchev–Trinajstić information content (AvgIpc) is 3.59. The Bertz CT molecular complexity index is 564. The zero-order chi connectivity index (χ0) is 19.9. The molecule has 1 heteroatoms. The van der Waals surface area contributed by atoms with E-state index in [1.807, 2.05) is 0 Å². The van der Waals surface area contributed by atoms with Gasteiger partial charge in [0.15, 0.2) is 0 Å². The molecule has 0 aliphatic heterocycles. The van der Waals surface area contributed by atoms with E-state index >= 15 is 0 Å². The molecule has 0 saturated heterocycles. The molecule has 0 aromatic rings. The van der Waals surface area contributed by atoms with Crippen LogP contribution in [0.25, 0.3) is 0 Å².